The van der Waals surface area contributed by atoms with Gasteiger partial charge in [-0.25, -0.2) is 0 Å². The van der Waals surface area contributed by atoms with Crippen molar-refractivity contribution in [3.63, 3.8) is 0 Å². The zero-order valence-electron chi connectivity index (χ0n) is 11.8. The van der Waals surface area contributed by atoms with Crippen molar-refractivity contribution in [2.45, 2.75) is 32.4 Å². The van der Waals surface area contributed by atoms with Crippen molar-refractivity contribution >= 4 is 27.3 Å². The van der Waals surface area contributed by atoms with Crippen LogP contribution in [-0.2, 0) is 0 Å². The van der Waals surface area contributed by atoms with E-state index in [0.29, 0.717) is 18.6 Å². The molecule has 1 aromatic heterocycles. The number of nitrogens with two attached hydrogens (primary N) is 1. The van der Waals surface area contributed by atoms with Crippen LogP contribution < -0.4 is 5.73 Å². The Hall–Kier alpha value is 0.0600. The highest BCUT2D eigenvalue weighted by atomic mass is 79.9. The summed E-state index contributed by atoms with van der Waals surface area (Å²) in [6, 6.07) is 3.30. The second-order valence-corrected chi connectivity index (χ2v) is 7.11. The van der Waals surface area contributed by atoms with E-state index < -0.39 is 0 Å². The van der Waals surface area contributed by atoms with Gasteiger partial charge in [0, 0.05) is 53.5 Å². The molecule has 0 radical (unpaired) electrons. The van der Waals surface area contributed by atoms with Crippen LogP contribution in [0.2, 0.25) is 0 Å². The maximum absolute atomic E-state index is 6.00. The minimum absolute atomic E-state index is 0.385. The van der Waals surface area contributed by atoms with Gasteiger partial charge in [-0.2, -0.15) is 0 Å². The molecule has 1 fully saturated rings. The number of rotatable bonds is 5. The Kier molecular flexibility index (Phi) is 5.84. The van der Waals surface area contributed by atoms with E-state index >= 15 is 0 Å². The standard InChI is InChI=1S/C14H24BrN3S/c1-3-11(2)17-4-6-18(7-5-17)13(9-16)14-8-12(15)10-19-14/h8,10-11,13H,3-7,9,16H2,1-2H3. The van der Waals surface area contributed by atoms with Crippen molar-refractivity contribution < 1.29 is 0 Å². The number of piperazine rings is 1. The summed E-state index contributed by atoms with van der Waals surface area (Å²) in [5, 5.41) is 2.15. The lowest BCUT2D eigenvalue weighted by Crippen LogP contribution is -2.51. The van der Waals surface area contributed by atoms with E-state index in [1.807, 2.05) is 0 Å². The van der Waals surface area contributed by atoms with Gasteiger partial charge in [0.15, 0.2) is 0 Å². The van der Waals surface area contributed by atoms with Crippen LogP contribution in [0.1, 0.15) is 31.2 Å². The van der Waals surface area contributed by atoms with Gasteiger partial charge in [-0.1, -0.05) is 6.92 Å². The Labute approximate surface area is 128 Å². The lowest BCUT2D eigenvalue weighted by atomic mass is 10.1. The third-order valence-corrected chi connectivity index (χ3v) is 5.94. The van der Waals surface area contributed by atoms with E-state index in [1.165, 1.54) is 15.8 Å². The van der Waals surface area contributed by atoms with Crippen LogP contribution in [0.25, 0.3) is 0 Å². The zero-order valence-corrected chi connectivity index (χ0v) is 14.2. The third kappa shape index (κ3) is 3.79. The summed E-state index contributed by atoms with van der Waals surface area (Å²) in [7, 11) is 0. The topological polar surface area (TPSA) is 32.5 Å². The predicted octanol–water partition coefficient (Wildman–Crippen LogP) is 2.93. The molecule has 0 spiro atoms. The molecule has 3 nitrogen and oxygen atoms in total. The molecule has 19 heavy (non-hydrogen) atoms. The minimum Gasteiger partial charge on any atom is -0.329 e. The smallest absolute Gasteiger partial charge is 0.0565 e. The summed E-state index contributed by atoms with van der Waals surface area (Å²) < 4.78 is 1.17. The van der Waals surface area contributed by atoms with Gasteiger partial charge in [0.25, 0.3) is 0 Å². The SMILES string of the molecule is CCC(C)N1CCN(C(CN)c2cc(Br)cs2)CC1. The summed E-state index contributed by atoms with van der Waals surface area (Å²) >= 11 is 5.34. The van der Waals surface area contributed by atoms with Crippen LogP contribution in [0.15, 0.2) is 15.9 Å². The molecule has 108 valence electrons. The molecular formula is C14H24BrN3S. The van der Waals surface area contributed by atoms with E-state index in [2.05, 4.69) is 51.0 Å². The first kappa shape index (κ1) is 15.4. The number of nitrogens with zero attached hydrogens (tertiary/aromatic N) is 2. The number of hydrogen-bond acceptors (Lipinski definition) is 4. The van der Waals surface area contributed by atoms with Crippen molar-refractivity contribution in [3.05, 3.63) is 20.8 Å². The normalized spacial score (nSPS) is 21.5. The van der Waals surface area contributed by atoms with Gasteiger partial charge in [-0.15, -0.1) is 11.3 Å². The first-order chi connectivity index (χ1) is 9.15. The van der Waals surface area contributed by atoms with E-state index in [0.717, 1.165) is 26.2 Å². The molecule has 1 aliphatic rings. The molecule has 0 aromatic carbocycles. The van der Waals surface area contributed by atoms with E-state index in [-0.39, 0.29) is 0 Å². The van der Waals surface area contributed by atoms with Gasteiger partial charge in [0.2, 0.25) is 0 Å². The molecule has 2 unspecified atom stereocenters. The highest BCUT2D eigenvalue weighted by molar-refractivity contribution is 9.10. The van der Waals surface area contributed by atoms with Gasteiger partial charge < -0.3 is 5.73 Å². The molecule has 1 saturated heterocycles. The summed E-state index contributed by atoms with van der Waals surface area (Å²) in [5.41, 5.74) is 6.00. The van der Waals surface area contributed by atoms with E-state index in [9.17, 15) is 0 Å². The Balaban J connectivity index is 1.95. The molecule has 1 aliphatic heterocycles. The average Bonchev–Trinajstić information content (AvgIpc) is 2.86. The quantitative estimate of drug-likeness (QED) is 0.890. The second-order valence-electron chi connectivity index (χ2n) is 5.25. The van der Waals surface area contributed by atoms with Gasteiger partial charge >= 0.3 is 0 Å². The Morgan fingerprint density at radius 2 is 1.95 bits per heavy atom. The molecule has 0 amide bonds. The first-order valence-corrected chi connectivity index (χ1v) is 8.75. The van der Waals surface area contributed by atoms with Crippen LogP contribution >= 0.6 is 27.3 Å². The second kappa shape index (κ2) is 7.18. The molecular weight excluding hydrogens is 322 g/mol. The number of halogens is 1. The summed E-state index contributed by atoms with van der Waals surface area (Å²) in [6.07, 6.45) is 1.23. The van der Waals surface area contributed by atoms with Crippen LogP contribution in [0, 0.1) is 0 Å². The Morgan fingerprint density at radius 1 is 1.32 bits per heavy atom. The molecule has 2 rings (SSSR count). The van der Waals surface area contributed by atoms with E-state index in [1.54, 1.807) is 11.3 Å². The van der Waals surface area contributed by atoms with Gasteiger partial charge in [-0.3, -0.25) is 9.80 Å². The average molecular weight is 346 g/mol. The molecule has 5 heteroatoms. The van der Waals surface area contributed by atoms with Crippen LogP contribution in [-0.4, -0.2) is 48.6 Å². The first-order valence-electron chi connectivity index (χ1n) is 7.07. The fourth-order valence-electron chi connectivity index (χ4n) is 2.70. The van der Waals surface area contributed by atoms with Crippen molar-refractivity contribution in [2.75, 3.05) is 32.7 Å². The number of hydrogen-bond donors (Lipinski definition) is 1. The third-order valence-electron chi connectivity index (χ3n) is 4.14. The summed E-state index contributed by atoms with van der Waals surface area (Å²) in [4.78, 5) is 6.51. The Morgan fingerprint density at radius 3 is 2.42 bits per heavy atom. The monoisotopic (exact) mass is 345 g/mol. The largest absolute Gasteiger partial charge is 0.329 e. The minimum atomic E-state index is 0.385. The predicted molar refractivity (Wildman–Crippen MR) is 86.7 cm³/mol. The molecule has 0 saturated carbocycles. The zero-order chi connectivity index (χ0) is 13.8. The highest BCUT2D eigenvalue weighted by Crippen LogP contribution is 2.29. The lowest BCUT2D eigenvalue weighted by Gasteiger charge is -2.40. The van der Waals surface area contributed by atoms with Crippen LogP contribution in [0.5, 0.6) is 0 Å². The van der Waals surface area contributed by atoms with Gasteiger partial charge in [0.05, 0.1) is 6.04 Å². The Bertz CT molecular complexity index is 388. The van der Waals surface area contributed by atoms with Crippen molar-refractivity contribution in [3.8, 4) is 0 Å². The van der Waals surface area contributed by atoms with Crippen molar-refractivity contribution in [1.29, 1.82) is 0 Å². The highest BCUT2D eigenvalue weighted by Gasteiger charge is 2.26. The molecule has 1 aromatic rings. The molecule has 2 heterocycles. The van der Waals surface area contributed by atoms with Crippen LogP contribution in [0.4, 0.5) is 0 Å². The van der Waals surface area contributed by atoms with Gasteiger partial charge in [0.1, 0.15) is 0 Å². The van der Waals surface area contributed by atoms with E-state index in [4.69, 9.17) is 5.73 Å². The van der Waals surface area contributed by atoms with Crippen LogP contribution in [0.3, 0.4) is 0 Å². The fraction of sp³-hybridized carbons (Fsp3) is 0.714. The molecule has 0 aliphatic carbocycles. The molecule has 2 atom stereocenters. The number of thiophene rings is 1. The maximum atomic E-state index is 6.00. The van der Waals surface area contributed by atoms with Crippen molar-refractivity contribution in [2.24, 2.45) is 5.73 Å². The van der Waals surface area contributed by atoms with Gasteiger partial charge in [-0.05, 0) is 35.3 Å². The lowest BCUT2D eigenvalue weighted by molar-refractivity contribution is 0.0753. The maximum Gasteiger partial charge on any atom is 0.0565 e. The summed E-state index contributed by atoms with van der Waals surface area (Å²) in [6.45, 7) is 9.88. The fourth-order valence-corrected chi connectivity index (χ4v) is 4.29. The summed E-state index contributed by atoms with van der Waals surface area (Å²) in [5.74, 6) is 0. The molecule has 0 bridgehead atoms. The van der Waals surface area contributed by atoms with Crippen molar-refractivity contribution in [1.82, 2.24) is 9.80 Å². The molecule has 2 N–H and O–H groups in total.